The maximum Gasteiger partial charge on any atom is 0.241 e. The molecule has 0 fully saturated rings. The first kappa shape index (κ1) is 13.6. The standard InChI is InChI=1S/C17H13ClN2O/c18-16-11-19-12-20-17(16)21-15-8-6-14(7-9-15)10-13-4-2-1-3-5-13/h1-9,11-12H,10H2. The Labute approximate surface area is 128 Å². The third-order valence-electron chi connectivity index (χ3n) is 3.02. The van der Waals surface area contributed by atoms with Crippen LogP contribution in [0.2, 0.25) is 5.02 Å². The first-order valence-electron chi connectivity index (χ1n) is 6.57. The van der Waals surface area contributed by atoms with Crippen molar-refractivity contribution in [1.29, 1.82) is 0 Å². The largest absolute Gasteiger partial charge is 0.437 e. The van der Waals surface area contributed by atoms with Crippen molar-refractivity contribution < 1.29 is 4.74 Å². The lowest BCUT2D eigenvalue weighted by molar-refractivity contribution is 0.461. The van der Waals surface area contributed by atoms with E-state index in [9.17, 15) is 0 Å². The molecule has 4 heteroatoms. The van der Waals surface area contributed by atoms with Gasteiger partial charge < -0.3 is 4.74 Å². The van der Waals surface area contributed by atoms with Crippen molar-refractivity contribution in [1.82, 2.24) is 9.97 Å². The smallest absolute Gasteiger partial charge is 0.241 e. The number of hydrogen-bond donors (Lipinski definition) is 0. The summed E-state index contributed by atoms with van der Waals surface area (Å²) in [6, 6.07) is 18.2. The SMILES string of the molecule is Clc1cncnc1Oc1ccc(Cc2ccccc2)cc1. The van der Waals surface area contributed by atoms with Crippen LogP contribution in [0.3, 0.4) is 0 Å². The zero-order chi connectivity index (χ0) is 14.5. The Morgan fingerprint density at radius 1 is 0.905 bits per heavy atom. The summed E-state index contributed by atoms with van der Waals surface area (Å²) < 4.78 is 5.63. The van der Waals surface area contributed by atoms with Gasteiger partial charge in [0.15, 0.2) is 0 Å². The Morgan fingerprint density at radius 2 is 1.62 bits per heavy atom. The normalized spacial score (nSPS) is 10.3. The first-order valence-corrected chi connectivity index (χ1v) is 6.95. The molecule has 21 heavy (non-hydrogen) atoms. The Morgan fingerprint density at radius 3 is 2.33 bits per heavy atom. The lowest BCUT2D eigenvalue weighted by Crippen LogP contribution is -1.91. The quantitative estimate of drug-likeness (QED) is 0.710. The summed E-state index contributed by atoms with van der Waals surface area (Å²) in [6.45, 7) is 0. The summed E-state index contributed by atoms with van der Waals surface area (Å²) >= 11 is 5.96. The molecule has 0 radical (unpaired) electrons. The predicted molar refractivity (Wildman–Crippen MR) is 82.8 cm³/mol. The highest BCUT2D eigenvalue weighted by Crippen LogP contribution is 2.26. The molecule has 2 aromatic carbocycles. The van der Waals surface area contributed by atoms with Crippen LogP contribution in [0.15, 0.2) is 67.1 Å². The average molecular weight is 297 g/mol. The Kier molecular flexibility index (Phi) is 4.12. The number of hydrogen-bond acceptors (Lipinski definition) is 3. The molecular weight excluding hydrogens is 284 g/mol. The van der Waals surface area contributed by atoms with Crippen molar-refractivity contribution in [3.8, 4) is 11.6 Å². The Bertz CT molecular complexity index is 714. The fourth-order valence-corrected chi connectivity index (χ4v) is 2.14. The van der Waals surface area contributed by atoms with E-state index in [-0.39, 0.29) is 0 Å². The minimum Gasteiger partial charge on any atom is -0.437 e. The summed E-state index contributed by atoms with van der Waals surface area (Å²) in [6.07, 6.45) is 3.81. The Balaban J connectivity index is 1.71. The van der Waals surface area contributed by atoms with E-state index in [4.69, 9.17) is 16.3 Å². The minimum atomic E-state index is 0.363. The molecule has 0 saturated heterocycles. The monoisotopic (exact) mass is 296 g/mol. The molecule has 0 N–H and O–H groups in total. The van der Waals surface area contributed by atoms with Gasteiger partial charge >= 0.3 is 0 Å². The van der Waals surface area contributed by atoms with E-state index in [2.05, 4.69) is 22.1 Å². The van der Waals surface area contributed by atoms with Crippen LogP contribution in [-0.4, -0.2) is 9.97 Å². The summed E-state index contributed by atoms with van der Waals surface area (Å²) in [5, 5.41) is 0.394. The molecule has 104 valence electrons. The highest BCUT2D eigenvalue weighted by atomic mass is 35.5. The van der Waals surface area contributed by atoms with Gasteiger partial charge in [-0.1, -0.05) is 54.1 Å². The van der Waals surface area contributed by atoms with Gasteiger partial charge in [-0.25, -0.2) is 9.97 Å². The lowest BCUT2D eigenvalue weighted by Gasteiger charge is -2.07. The number of aromatic nitrogens is 2. The maximum atomic E-state index is 5.96. The summed E-state index contributed by atoms with van der Waals surface area (Å²) in [4.78, 5) is 7.82. The highest BCUT2D eigenvalue weighted by molar-refractivity contribution is 6.31. The van der Waals surface area contributed by atoms with Crippen LogP contribution in [0.1, 0.15) is 11.1 Å². The number of ether oxygens (including phenoxy) is 1. The van der Waals surface area contributed by atoms with Crippen LogP contribution in [0.5, 0.6) is 11.6 Å². The van der Waals surface area contributed by atoms with E-state index in [1.807, 2.05) is 42.5 Å². The third-order valence-corrected chi connectivity index (χ3v) is 3.28. The van der Waals surface area contributed by atoms with Crippen molar-refractivity contribution in [2.75, 3.05) is 0 Å². The molecule has 0 amide bonds. The van der Waals surface area contributed by atoms with Crippen LogP contribution in [0.25, 0.3) is 0 Å². The number of nitrogens with zero attached hydrogens (tertiary/aromatic N) is 2. The van der Waals surface area contributed by atoms with Crippen LogP contribution in [-0.2, 0) is 6.42 Å². The van der Waals surface area contributed by atoms with Crippen molar-refractivity contribution in [2.45, 2.75) is 6.42 Å². The first-order chi connectivity index (χ1) is 10.3. The van der Waals surface area contributed by atoms with E-state index in [0.717, 1.165) is 6.42 Å². The van der Waals surface area contributed by atoms with Crippen LogP contribution in [0.4, 0.5) is 0 Å². The molecule has 1 heterocycles. The van der Waals surface area contributed by atoms with Gasteiger partial charge in [-0.05, 0) is 29.7 Å². The predicted octanol–water partition coefficient (Wildman–Crippen LogP) is 4.51. The van der Waals surface area contributed by atoms with Crippen LogP contribution in [0, 0.1) is 0 Å². The highest BCUT2D eigenvalue weighted by Gasteiger charge is 2.04. The molecule has 0 unspecified atom stereocenters. The van der Waals surface area contributed by atoms with Crippen molar-refractivity contribution in [3.05, 3.63) is 83.3 Å². The van der Waals surface area contributed by atoms with E-state index < -0.39 is 0 Å². The molecule has 0 aliphatic heterocycles. The van der Waals surface area contributed by atoms with E-state index in [0.29, 0.717) is 16.7 Å². The van der Waals surface area contributed by atoms with Crippen LogP contribution >= 0.6 is 11.6 Å². The fraction of sp³-hybridized carbons (Fsp3) is 0.0588. The third kappa shape index (κ3) is 3.58. The molecule has 0 atom stereocenters. The van der Waals surface area contributed by atoms with Gasteiger partial charge in [0.2, 0.25) is 5.88 Å². The molecular formula is C17H13ClN2O. The summed E-state index contributed by atoms with van der Waals surface area (Å²) in [5.74, 6) is 1.06. The fourth-order valence-electron chi connectivity index (χ4n) is 2.00. The molecule has 0 spiro atoms. The average Bonchev–Trinajstić information content (AvgIpc) is 2.52. The molecule has 0 saturated carbocycles. The second kappa shape index (κ2) is 6.37. The Hall–Kier alpha value is -2.39. The maximum absolute atomic E-state index is 5.96. The molecule has 3 nitrogen and oxygen atoms in total. The molecule has 0 aliphatic rings. The van der Waals surface area contributed by atoms with Crippen molar-refractivity contribution >= 4 is 11.6 Å². The number of rotatable bonds is 4. The second-order valence-corrected chi connectivity index (χ2v) is 4.99. The van der Waals surface area contributed by atoms with Gasteiger partial charge in [0, 0.05) is 0 Å². The van der Waals surface area contributed by atoms with Gasteiger partial charge in [0.25, 0.3) is 0 Å². The van der Waals surface area contributed by atoms with Gasteiger partial charge in [-0.2, -0.15) is 0 Å². The number of benzene rings is 2. The molecule has 1 aromatic heterocycles. The van der Waals surface area contributed by atoms with Gasteiger partial charge in [-0.15, -0.1) is 0 Å². The summed E-state index contributed by atoms with van der Waals surface area (Å²) in [5.41, 5.74) is 2.51. The molecule has 0 aliphatic carbocycles. The van der Waals surface area contributed by atoms with Gasteiger partial charge in [-0.3, -0.25) is 0 Å². The second-order valence-electron chi connectivity index (χ2n) is 4.58. The lowest BCUT2D eigenvalue weighted by atomic mass is 10.1. The van der Waals surface area contributed by atoms with Crippen molar-refractivity contribution in [3.63, 3.8) is 0 Å². The van der Waals surface area contributed by atoms with E-state index in [1.165, 1.54) is 23.7 Å². The van der Waals surface area contributed by atoms with Gasteiger partial charge in [0.1, 0.15) is 17.1 Å². The van der Waals surface area contributed by atoms with Crippen LogP contribution < -0.4 is 4.74 Å². The topological polar surface area (TPSA) is 35.0 Å². The van der Waals surface area contributed by atoms with E-state index in [1.54, 1.807) is 0 Å². The minimum absolute atomic E-state index is 0.363. The summed E-state index contributed by atoms with van der Waals surface area (Å²) in [7, 11) is 0. The molecule has 0 bridgehead atoms. The van der Waals surface area contributed by atoms with Gasteiger partial charge in [0.05, 0.1) is 6.20 Å². The zero-order valence-electron chi connectivity index (χ0n) is 11.2. The number of halogens is 1. The zero-order valence-corrected chi connectivity index (χ0v) is 12.0. The van der Waals surface area contributed by atoms with Crippen molar-refractivity contribution in [2.24, 2.45) is 0 Å². The molecule has 3 rings (SSSR count). The van der Waals surface area contributed by atoms with E-state index >= 15 is 0 Å². The molecule has 3 aromatic rings.